The van der Waals surface area contributed by atoms with Gasteiger partial charge in [-0.15, -0.1) is 20.5 Å². The fourth-order valence-corrected chi connectivity index (χ4v) is 9.65. The van der Waals surface area contributed by atoms with Gasteiger partial charge in [-0.2, -0.15) is 38.7 Å². The van der Waals surface area contributed by atoms with E-state index in [2.05, 4.69) is 49.6 Å². The number of phenolic OH excluding ortho intramolecular Hbond substituents is 1. The Balaban J connectivity index is 0.00000432. The fourth-order valence-electron chi connectivity index (χ4n) is 5.74. The van der Waals surface area contributed by atoms with Crippen molar-refractivity contribution in [2.75, 3.05) is 18.1 Å². The number of hydrogen-bond acceptors (Lipinski definition) is 20. The van der Waals surface area contributed by atoms with Crippen LogP contribution in [0.5, 0.6) is 5.75 Å². The number of nitrogens with zero attached hydrogens (tertiary/aromatic N) is 7. The molecule has 1 aromatic heterocycles. The summed E-state index contributed by atoms with van der Waals surface area (Å²) < 4.78 is 167. The second kappa shape index (κ2) is 25.6. The summed E-state index contributed by atoms with van der Waals surface area (Å²) in [5.41, 5.74) is 2.72. The second-order valence-corrected chi connectivity index (χ2v) is 21.4. The predicted molar refractivity (Wildman–Crippen MR) is 258 cm³/mol. The number of aryl methyl sites for hydroxylation is 1. The van der Waals surface area contributed by atoms with Crippen molar-refractivity contribution in [2.24, 2.45) is 30.4 Å². The van der Waals surface area contributed by atoms with Gasteiger partial charge in [-0.05, 0) is 84.1 Å². The van der Waals surface area contributed by atoms with Crippen molar-refractivity contribution in [3.63, 3.8) is 0 Å². The Labute approximate surface area is 501 Å². The minimum atomic E-state index is -5.48. The van der Waals surface area contributed by atoms with Crippen LogP contribution >= 0.6 is 23.2 Å². The zero-order valence-electron chi connectivity index (χ0n) is 37.1. The molecule has 358 valence electrons. The van der Waals surface area contributed by atoms with Crippen LogP contribution in [-0.2, 0) is 54.8 Å². The number of phenols is 1. The molecule has 0 aliphatic heterocycles. The molecule has 9 N–H and O–H groups in total. The number of fused-ring (bicyclic) bond motifs is 1. The Kier molecular flexibility index (Phi) is 23.5. The molecule has 1 heterocycles. The number of nitrogen functional groups attached to an aromatic ring is 1. The summed E-state index contributed by atoms with van der Waals surface area (Å²) in [5.74, 6) is -2.32. The summed E-state index contributed by atoms with van der Waals surface area (Å²) in [6, 6.07) is 13.3. The van der Waals surface area contributed by atoms with Gasteiger partial charge in [-0.1, -0.05) is 29.8 Å². The first-order valence-electron chi connectivity index (χ1n) is 17.7. The Morgan fingerprint density at radius 2 is 1.20 bits per heavy atom. The molecule has 0 unspecified atom stereocenters. The quantitative estimate of drug-likeness (QED) is 0.0332. The van der Waals surface area contributed by atoms with Gasteiger partial charge in [0.05, 0.1) is 39.7 Å². The van der Waals surface area contributed by atoms with E-state index >= 15 is 0 Å². The molecule has 0 fully saturated rings. The number of aromatic amines is 2. The first-order valence-corrected chi connectivity index (χ1v) is 25.8. The van der Waals surface area contributed by atoms with Gasteiger partial charge in [0.2, 0.25) is 16.5 Å². The molecule has 0 amide bonds. The molecule has 37 heteroatoms. The number of nitrogens with two attached hydrogens (primary N) is 1. The molecule has 0 aliphatic rings. The number of aromatic hydroxyl groups is 1. The summed E-state index contributed by atoms with van der Waals surface area (Å²) >= 11 is 12.3. The second-order valence-electron chi connectivity index (χ2n) is 13.3. The van der Waals surface area contributed by atoms with Gasteiger partial charge in [0, 0.05) is 123 Å². The third kappa shape index (κ3) is 16.7. The maximum Gasteiger partial charge on any atom is 0.397 e. The van der Waals surface area contributed by atoms with Crippen LogP contribution in [0.25, 0.3) is 10.8 Å². The number of halogens is 2. The fraction of sp³-hybridized carbons (Fsp3) is 0.0882. The number of nitrogens with one attached hydrogen (secondary N) is 2. The zero-order chi connectivity index (χ0) is 49.4. The van der Waals surface area contributed by atoms with Crippen LogP contribution in [0.2, 0.25) is 10.3 Å². The zero-order valence-corrected chi connectivity index (χ0v) is 50.7. The number of hydrogen-bond donors (Lipinski definition) is 8. The van der Waals surface area contributed by atoms with E-state index in [0.29, 0.717) is 22.8 Å². The van der Waals surface area contributed by atoms with Gasteiger partial charge in [0.1, 0.15) is 37.4 Å². The molecule has 6 aromatic rings. The summed E-state index contributed by atoms with van der Waals surface area (Å²) in [4.78, 5) is 13.9. The smallest absolute Gasteiger partial charge is 0.397 e. The molecule has 0 saturated heterocycles. The van der Waals surface area contributed by atoms with Crippen LogP contribution in [0.15, 0.2) is 123 Å². The van der Waals surface area contributed by atoms with E-state index in [-0.39, 0.29) is 140 Å². The van der Waals surface area contributed by atoms with E-state index in [4.69, 9.17) is 33.5 Å². The van der Waals surface area contributed by atoms with E-state index in [1.54, 1.807) is 25.1 Å². The third-order valence-corrected chi connectivity index (χ3v) is 14.1. The molecule has 0 aliphatic carbocycles. The number of anilines is 1. The van der Waals surface area contributed by atoms with Crippen molar-refractivity contribution in [3.05, 3.63) is 99.9 Å². The van der Waals surface area contributed by atoms with Gasteiger partial charge in [0.15, 0.2) is 15.6 Å². The van der Waals surface area contributed by atoms with Crippen LogP contribution in [0, 0.1) is 6.92 Å². The molecule has 5 aromatic carbocycles. The third-order valence-electron chi connectivity index (χ3n) is 8.68. The van der Waals surface area contributed by atoms with E-state index in [1.807, 2.05) is 0 Å². The monoisotopic (exact) mass is 1150 g/mol. The van der Waals surface area contributed by atoms with Crippen molar-refractivity contribution in [2.45, 2.75) is 26.5 Å². The Bertz CT molecular complexity index is 3850. The summed E-state index contributed by atoms with van der Waals surface area (Å²) in [6.45, 7) is 0.737. The van der Waals surface area contributed by atoms with Gasteiger partial charge in [0.25, 0.3) is 30.4 Å². The summed E-state index contributed by atoms with van der Waals surface area (Å²) in [5, 5.41) is 25.2. The van der Waals surface area contributed by atoms with E-state index in [0.717, 1.165) is 35.9 Å². The van der Waals surface area contributed by atoms with E-state index in [9.17, 15) is 60.9 Å². The largest absolute Gasteiger partial charge is 0.505 e. The standard InChI is InChI=1S/C34H28Cl2N10O16S5.4Na/c1-16-6-7-18(14-20(16)35)38-33-40-32(36)41-34(42-33)39-19-8-9-24(64(50,51)52)22(15-19)44-46-30-26(66(56,57)58)13-17-12-25(65(53,54)55)29(28(37)27(17)31(30)47)45-43-21-4-2-3-5-23(21)63(48,49)11-10-62-67(59,60)61;;;;/h2-9,12-15,47H,10-11,37H2,1H3,(H,50,51,52)(H,53,54,55)(H,56,57,58)(H,59,60,61)(H2,38,39,40,41,42);;;;. The molecular weight excluding hydrogens is 1130 g/mol. The van der Waals surface area contributed by atoms with Gasteiger partial charge >= 0.3 is 10.4 Å². The Morgan fingerprint density at radius 1 is 0.648 bits per heavy atom. The molecule has 0 bridgehead atoms. The summed E-state index contributed by atoms with van der Waals surface area (Å²) in [6.07, 6.45) is 0. The van der Waals surface area contributed by atoms with Crippen molar-refractivity contribution < 1.29 is 69.6 Å². The van der Waals surface area contributed by atoms with Gasteiger partial charge < -0.3 is 15.8 Å². The van der Waals surface area contributed by atoms with Crippen molar-refractivity contribution in [1.29, 1.82) is 0 Å². The molecule has 71 heavy (non-hydrogen) atoms. The van der Waals surface area contributed by atoms with Crippen molar-refractivity contribution >= 4 is 243 Å². The molecule has 6 rings (SSSR count). The molecule has 4 radical (unpaired) electrons. The average molecular weight is 1160 g/mol. The number of rotatable bonds is 14. The molecule has 0 saturated carbocycles. The number of H-pyrrole nitrogens is 2. The molecule has 26 nitrogen and oxygen atoms in total. The number of benzene rings is 5. The van der Waals surface area contributed by atoms with Crippen LogP contribution in [0.3, 0.4) is 0 Å². The maximum absolute atomic E-state index is 13.0. The van der Waals surface area contributed by atoms with Crippen LogP contribution in [0.4, 0.5) is 39.8 Å². The normalized spacial score (nSPS) is 12.9. The maximum atomic E-state index is 13.0. The van der Waals surface area contributed by atoms with E-state index < -0.39 is 127 Å². The predicted octanol–water partition coefficient (Wildman–Crippen LogP) is 3.90. The topological polar surface area (TPSA) is 426 Å². The minimum Gasteiger partial charge on any atom is -0.505 e. The van der Waals surface area contributed by atoms with Crippen LogP contribution in [-0.4, -0.2) is 211 Å². The Morgan fingerprint density at radius 3 is 1.79 bits per heavy atom. The van der Waals surface area contributed by atoms with Crippen LogP contribution in [0.1, 0.15) is 5.56 Å². The first kappa shape index (κ1) is 65.0. The van der Waals surface area contributed by atoms with Gasteiger partial charge in [-0.3, -0.25) is 23.2 Å². The number of azo groups is 2. The summed E-state index contributed by atoms with van der Waals surface area (Å²) in [7, 11) is -25.5. The average Bonchev–Trinajstić information content (AvgIpc) is 3.19. The molecule has 0 spiro atoms. The van der Waals surface area contributed by atoms with Crippen LogP contribution < -0.4 is 17.0 Å². The van der Waals surface area contributed by atoms with E-state index in [1.165, 1.54) is 12.1 Å². The molecule has 0 atom stereocenters. The van der Waals surface area contributed by atoms with Gasteiger partial charge in [-0.25, -0.2) is 22.6 Å². The first-order chi connectivity index (χ1) is 31.0. The number of sulfone groups is 1. The van der Waals surface area contributed by atoms with Crippen molar-refractivity contribution in [1.82, 2.24) is 15.0 Å². The molecular formula is C34H28Cl2N10Na4O16S5. The SMILES string of the molecule is Cc1ccc(N=c2nc(Cl)[nH]c(=Nc3ccc(S(=O)(=O)O)c(N=Nc4c(S(=O)(=O)O)cc5cc(S(=O)(=O)O)c(N=Nc6ccccc6S(=O)(=O)CCOS(=O)(=O)O)c(N)c5c4O)c3)[nH]2)cc1Cl.[Na].[Na].[Na].[Na]. The Hall–Kier alpha value is -2.10. The van der Waals surface area contributed by atoms with Crippen molar-refractivity contribution in [3.8, 4) is 5.75 Å². The number of aromatic nitrogens is 3. The minimum absolute atomic E-state index is 0.